The van der Waals surface area contributed by atoms with Crippen LogP contribution < -0.4 is 5.73 Å². The molecule has 3 aromatic rings. The molecular weight excluding hydrogens is 270 g/mol. The summed E-state index contributed by atoms with van der Waals surface area (Å²) in [7, 11) is 0. The van der Waals surface area contributed by atoms with Crippen molar-refractivity contribution in [1.29, 1.82) is 0 Å². The first-order valence-electron chi connectivity index (χ1n) is 6.66. The van der Waals surface area contributed by atoms with Crippen LogP contribution in [0.1, 0.15) is 11.4 Å². The Morgan fingerprint density at radius 2 is 1.90 bits per heavy atom. The molecule has 4 heteroatoms. The molecule has 0 aliphatic heterocycles. The number of halogens is 1. The van der Waals surface area contributed by atoms with Crippen LogP contribution in [0.15, 0.2) is 48.5 Å². The summed E-state index contributed by atoms with van der Waals surface area (Å²) in [6.45, 7) is 1.37. The highest BCUT2D eigenvalue weighted by Crippen LogP contribution is 2.22. The zero-order chi connectivity index (χ0) is 13.9. The molecular formula is C16H16ClN3. The lowest BCUT2D eigenvalue weighted by Gasteiger charge is -2.09. The Bertz CT molecular complexity index is 719. The molecule has 3 rings (SSSR count). The van der Waals surface area contributed by atoms with Crippen LogP contribution >= 0.6 is 11.6 Å². The van der Waals surface area contributed by atoms with Crippen LogP contribution in [0.25, 0.3) is 11.0 Å². The van der Waals surface area contributed by atoms with E-state index >= 15 is 0 Å². The molecule has 0 spiro atoms. The van der Waals surface area contributed by atoms with Crippen LogP contribution in [0, 0.1) is 0 Å². The van der Waals surface area contributed by atoms with Gasteiger partial charge in [-0.05, 0) is 30.3 Å². The normalized spacial score (nSPS) is 11.1. The predicted octanol–water partition coefficient (Wildman–Crippen LogP) is 3.24. The molecule has 0 unspecified atom stereocenters. The molecule has 0 atom stereocenters. The number of nitrogens with zero attached hydrogens (tertiary/aromatic N) is 2. The monoisotopic (exact) mass is 285 g/mol. The van der Waals surface area contributed by atoms with Gasteiger partial charge in [0.25, 0.3) is 0 Å². The minimum absolute atomic E-state index is 0.589. The van der Waals surface area contributed by atoms with Crippen LogP contribution in [0.4, 0.5) is 0 Å². The Hall–Kier alpha value is -1.84. The second-order valence-electron chi connectivity index (χ2n) is 4.77. The van der Waals surface area contributed by atoms with Crippen LogP contribution in [0.2, 0.25) is 5.02 Å². The van der Waals surface area contributed by atoms with Crippen LogP contribution in [-0.4, -0.2) is 16.1 Å². The number of hydrogen-bond donors (Lipinski definition) is 1. The van der Waals surface area contributed by atoms with Crippen molar-refractivity contribution in [3.8, 4) is 0 Å². The Labute approximate surface area is 123 Å². The second kappa shape index (κ2) is 5.65. The van der Waals surface area contributed by atoms with Gasteiger partial charge in [0.05, 0.1) is 11.0 Å². The number of fused-ring (bicyclic) bond motifs is 1. The molecule has 3 nitrogen and oxygen atoms in total. The van der Waals surface area contributed by atoms with Gasteiger partial charge in [0.2, 0.25) is 0 Å². The first-order valence-corrected chi connectivity index (χ1v) is 7.04. The fourth-order valence-corrected chi connectivity index (χ4v) is 2.57. The van der Waals surface area contributed by atoms with E-state index in [9.17, 15) is 0 Å². The summed E-state index contributed by atoms with van der Waals surface area (Å²) in [5, 5.41) is 0.728. The molecule has 1 aromatic heterocycles. The predicted molar refractivity (Wildman–Crippen MR) is 83.0 cm³/mol. The molecule has 0 saturated heterocycles. The van der Waals surface area contributed by atoms with Crippen LogP contribution in [-0.2, 0) is 13.0 Å². The maximum atomic E-state index is 6.11. The first kappa shape index (κ1) is 13.2. The van der Waals surface area contributed by atoms with E-state index in [0.29, 0.717) is 6.54 Å². The molecule has 0 amide bonds. The van der Waals surface area contributed by atoms with Crippen molar-refractivity contribution in [2.75, 3.05) is 6.54 Å². The Morgan fingerprint density at radius 3 is 2.65 bits per heavy atom. The zero-order valence-electron chi connectivity index (χ0n) is 11.1. The van der Waals surface area contributed by atoms with Crippen molar-refractivity contribution in [2.45, 2.75) is 13.0 Å². The zero-order valence-corrected chi connectivity index (χ0v) is 11.8. The summed E-state index contributed by atoms with van der Waals surface area (Å²) in [5.74, 6) is 1.01. The maximum Gasteiger partial charge on any atom is 0.111 e. The summed E-state index contributed by atoms with van der Waals surface area (Å²) in [4.78, 5) is 4.66. The third-order valence-corrected chi connectivity index (χ3v) is 3.58. The summed E-state index contributed by atoms with van der Waals surface area (Å²) in [6, 6.07) is 16.1. The lowest BCUT2D eigenvalue weighted by molar-refractivity contribution is 0.735. The molecule has 0 radical (unpaired) electrons. The van der Waals surface area contributed by atoms with Gasteiger partial charge in [-0.3, -0.25) is 0 Å². The van der Waals surface area contributed by atoms with Crippen molar-refractivity contribution in [1.82, 2.24) is 9.55 Å². The van der Waals surface area contributed by atoms with Crippen molar-refractivity contribution in [3.05, 3.63) is 64.9 Å². The van der Waals surface area contributed by atoms with Gasteiger partial charge in [-0.15, -0.1) is 0 Å². The fraction of sp³-hybridized carbons (Fsp3) is 0.188. The van der Waals surface area contributed by atoms with Crippen LogP contribution in [0.5, 0.6) is 0 Å². The summed E-state index contributed by atoms with van der Waals surface area (Å²) < 4.78 is 2.20. The van der Waals surface area contributed by atoms with Gasteiger partial charge >= 0.3 is 0 Å². The van der Waals surface area contributed by atoms with Gasteiger partial charge in [0.15, 0.2) is 0 Å². The largest absolute Gasteiger partial charge is 0.330 e. The van der Waals surface area contributed by atoms with E-state index in [4.69, 9.17) is 17.3 Å². The highest BCUT2D eigenvalue weighted by Gasteiger charge is 2.11. The Morgan fingerprint density at radius 1 is 1.10 bits per heavy atom. The molecule has 0 bridgehead atoms. The maximum absolute atomic E-state index is 6.11. The third kappa shape index (κ3) is 2.55. The topological polar surface area (TPSA) is 43.8 Å². The van der Waals surface area contributed by atoms with Crippen molar-refractivity contribution < 1.29 is 0 Å². The average Bonchev–Trinajstić information content (AvgIpc) is 2.78. The Kier molecular flexibility index (Phi) is 3.72. The van der Waals surface area contributed by atoms with E-state index in [-0.39, 0.29) is 0 Å². The minimum atomic E-state index is 0.589. The quantitative estimate of drug-likeness (QED) is 0.800. The Balaban J connectivity index is 2.10. The van der Waals surface area contributed by atoms with Crippen molar-refractivity contribution >= 4 is 22.6 Å². The number of aromatic nitrogens is 2. The minimum Gasteiger partial charge on any atom is -0.330 e. The van der Waals surface area contributed by atoms with E-state index in [1.807, 2.05) is 36.4 Å². The summed E-state index contributed by atoms with van der Waals surface area (Å²) in [6.07, 6.45) is 0.763. The average molecular weight is 286 g/mol. The number of hydrogen-bond acceptors (Lipinski definition) is 2. The highest BCUT2D eigenvalue weighted by atomic mass is 35.5. The van der Waals surface area contributed by atoms with E-state index < -0.39 is 0 Å². The number of rotatable bonds is 4. The first-order chi connectivity index (χ1) is 9.78. The molecule has 0 saturated carbocycles. The smallest absolute Gasteiger partial charge is 0.111 e. The molecule has 2 aromatic carbocycles. The van der Waals surface area contributed by atoms with Crippen molar-refractivity contribution in [3.63, 3.8) is 0 Å². The number of imidazole rings is 1. The van der Waals surface area contributed by atoms with Gasteiger partial charge in [-0.2, -0.15) is 0 Å². The van der Waals surface area contributed by atoms with E-state index in [0.717, 1.165) is 34.8 Å². The molecule has 20 heavy (non-hydrogen) atoms. The molecule has 1 heterocycles. The molecule has 2 N–H and O–H groups in total. The van der Waals surface area contributed by atoms with Gasteiger partial charge < -0.3 is 10.3 Å². The fourth-order valence-electron chi connectivity index (χ4n) is 2.41. The number of nitrogens with two attached hydrogens (primary N) is 1. The highest BCUT2D eigenvalue weighted by molar-refractivity contribution is 6.31. The second-order valence-corrected chi connectivity index (χ2v) is 5.21. The third-order valence-electron chi connectivity index (χ3n) is 3.34. The lowest BCUT2D eigenvalue weighted by atomic mass is 10.2. The molecule has 102 valence electrons. The van der Waals surface area contributed by atoms with Gasteiger partial charge in [-0.1, -0.05) is 41.9 Å². The molecule has 0 aliphatic carbocycles. The van der Waals surface area contributed by atoms with E-state index in [1.54, 1.807) is 0 Å². The summed E-state index contributed by atoms with van der Waals surface area (Å²) >= 11 is 6.11. The summed E-state index contributed by atoms with van der Waals surface area (Å²) in [5.41, 5.74) is 8.96. The van der Waals surface area contributed by atoms with Gasteiger partial charge in [0.1, 0.15) is 5.82 Å². The number of benzene rings is 2. The van der Waals surface area contributed by atoms with Gasteiger partial charge in [-0.25, -0.2) is 4.98 Å². The standard InChI is InChI=1S/C16H16ClN3/c17-13-6-7-14-15(10-13)20(16(19-14)8-9-18)11-12-4-2-1-3-5-12/h1-7,10H,8-9,11,18H2. The van der Waals surface area contributed by atoms with E-state index in [1.165, 1.54) is 5.56 Å². The lowest BCUT2D eigenvalue weighted by Crippen LogP contribution is -2.10. The molecule has 0 aliphatic rings. The van der Waals surface area contributed by atoms with Crippen LogP contribution in [0.3, 0.4) is 0 Å². The SMILES string of the molecule is NCCc1nc2ccc(Cl)cc2n1Cc1ccccc1. The van der Waals surface area contributed by atoms with Gasteiger partial charge in [0, 0.05) is 18.0 Å². The van der Waals surface area contributed by atoms with Crippen molar-refractivity contribution in [2.24, 2.45) is 5.73 Å². The molecule has 0 fully saturated rings. The van der Waals surface area contributed by atoms with E-state index in [2.05, 4.69) is 21.7 Å².